The smallest absolute Gasteiger partial charge is 0.157 e. The van der Waals surface area contributed by atoms with Crippen LogP contribution in [0.15, 0.2) is 12.4 Å². The van der Waals surface area contributed by atoms with E-state index in [0.29, 0.717) is 12.7 Å². The molecule has 2 heterocycles. The standard InChI is InChI=1S/C13H23N3O2/c1-2-6-16-11-13(10-15-16)18-8-5-14-9-12-4-3-7-17-12/h10-12,14H,2-9H2,1H3. The molecule has 0 aromatic carbocycles. The van der Waals surface area contributed by atoms with Crippen molar-refractivity contribution in [1.29, 1.82) is 0 Å². The average Bonchev–Trinajstić information content (AvgIpc) is 3.01. The Morgan fingerprint density at radius 1 is 1.61 bits per heavy atom. The van der Waals surface area contributed by atoms with E-state index in [2.05, 4.69) is 17.3 Å². The molecule has 1 aliphatic rings. The van der Waals surface area contributed by atoms with Gasteiger partial charge in [-0.05, 0) is 19.3 Å². The zero-order chi connectivity index (χ0) is 12.6. The summed E-state index contributed by atoms with van der Waals surface area (Å²) in [5.74, 6) is 0.849. The van der Waals surface area contributed by atoms with Gasteiger partial charge in [-0.2, -0.15) is 5.10 Å². The zero-order valence-electron chi connectivity index (χ0n) is 11.1. The first-order valence-corrected chi connectivity index (χ1v) is 6.86. The van der Waals surface area contributed by atoms with Crippen molar-refractivity contribution in [3.05, 3.63) is 12.4 Å². The van der Waals surface area contributed by atoms with E-state index in [1.165, 1.54) is 12.8 Å². The molecule has 1 N–H and O–H groups in total. The molecule has 18 heavy (non-hydrogen) atoms. The van der Waals surface area contributed by atoms with E-state index in [-0.39, 0.29) is 0 Å². The highest BCUT2D eigenvalue weighted by molar-refractivity contribution is 5.11. The lowest BCUT2D eigenvalue weighted by molar-refractivity contribution is 0.109. The minimum atomic E-state index is 0.400. The van der Waals surface area contributed by atoms with Gasteiger partial charge in [0.1, 0.15) is 6.61 Å². The van der Waals surface area contributed by atoms with Crippen LogP contribution in [-0.2, 0) is 11.3 Å². The molecule has 1 saturated heterocycles. The lowest BCUT2D eigenvalue weighted by atomic mass is 10.2. The molecule has 1 aromatic heterocycles. The van der Waals surface area contributed by atoms with Gasteiger partial charge in [-0.1, -0.05) is 6.92 Å². The SMILES string of the molecule is CCCn1cc(OCCNCC2CCCO2)cn1. The molecule has 1 aliphatic heterocycles. The first-order chi connectivity index (χ1) is 8.88. The Bertz CT molecular complexity index is 335. The lowest BCUT2D eigenvalue weighted by Gasteiger charge is -2.10. The fourth-order valence-electron chi connectivity index (χ4n) is 2.08. The first-order valence-electron chi connectivity index (χ1n) is 6.86. The van der Waals surface area contributed by atoms with Crippen LogP contribution in [0.4, 0.5) is 0 Å². The molecule has 0 radical (unpaired) electrons. The molecule has 0 amide bonds. The van der Waals surface area contributed by atoms with Crippen LogP contribution in [0.2, 0.25) is 0 Å². The molecular formula is C13H23N3O2. The Morgan fingerprint density at radius 3 is 3.33 bits per heavy atom. The van der Waals surface area contributed by atoms with Crippen LogP contribution in [0.25, 0.3) is 0 Å². The van der Waals surface area contributed by atoms with Crippen LogP contribution in [0.3, 0.4) is 0 Å². The van der Waals surface area contributed by atoms with Gasteiger partial charge in [0.05, 0.1) is 18.5 Å². The summed E-state index contributed by atoms with van der Waals surface area (Å²) in [6.07, 6.45) is 7.58. The quantitative estimate of drug-likeness (QED) is 0.712. The van der Waals surface area contributed by atoms with Crippen LogP contribution >= 0.6 is 0 Å². The number of hydrogen-bond donors (Lipinski definition) is 1. The number of rotatable bonds is 8. The van der Waals surface area contributed by atoms with Crippen LogP contribution in [-0.4, -0.2) is 42.2 Å². The Balaban J connectivity index is 1.54. The molecule has 5 heteroatoms. The summed E-state index contributed by atoms with van der Waals surface area (Å²) < 4.78 is 13.1. The summed E-state index contributed by atoms with van der Waals surface area (Å²) in [4.78, 5) is 0. The first kappa shape index (κ1) is 13.4. The molecular weight excluding hydrogens is 230 g/mol. The molecule has 1 unspecified atom stereocenters. The van der Waals surface area contributed by atoms with Crippen molar-refractivity contribution in [2.75, 3.05) is 26.3 Å². The normalized spacial score (nSPS) is 19.3. The molecule has 1 atom stereocenters. The number of hydrogen-bond acceptors (Lipinski definition) is 4. The third-order valence-electron chi connectivity index (χ3n) is 3.01. The summed E-state index contributed by atoms with van der Waals surface area (Å²) in [6, 6.07) is 0. The maximum Gasteiger partial charge on any atom is 0.157 e. The molecule has 5 nitrogen and oxygen atoms in total. The van der Waals surface area contributed by atoms with Gasteiger partial charge in [0.2, 0.25) is 0 Å². The van der Waals surface area contributed by atoms with E-state index in [4.69, 9.17) is 9.47 Å². The highest BCUT2D eigenvalue weighted by Crippen LogP contribution is 2.10. The Kier molecular flexibility index (Phi) is 5.48. The maximum atomic E-state index is 5.61. The van der Waals surface area contributed by atoms with E-state index >= 15 is 0 Å². The van der Waals surface area contributed by atoms with Crippen LogP contribution in [0.5, 0.6) is 5.75 Å². The Labute approximate surface area is 108 Å². The second kappa shape index (κ2) is 7.38. The van der Waals surface area contributed by atoms with Gasteiger partial charge >= 0.3 is 0 Å². The van der Waals surface area contributed by atoms with Crippen molar-refractivity contribution in [1.82, 2.24) is 15.1 Å². The van der Waals surface area contributed by atoms with E-state index in [9.17, 15) is 0 Å². The average molecular weight is 253 g/mol. The van der Waals surface area contributed by atoms with Crippen molar-refractivity contribution in [2.45, 2.75) is 38.8 Å². The minimum absolute atomic E-state index is 0.400. The van der Waals surface area contributed by atoms with Crippen molar-refractivity contribution in [2.24, 2.45) is 0 Å². The van der Waals surface area contributed by atoms with Crippen molar-refractivity contribution in [3.63, 3.8) is 0 Å². The summed E-state index contributed by atoms with van der Waals surface area (Å²) >= 11 is 0. The summed E-state index contributed by atoms with van der Waals surface area (Å²) in [6.45, 7) is 6.44. The monoisotopic (exact) mass is 253 g/mol. The van der Waals surface area contributed by atoms with E-state index in [0.717, 1.165) is 38.4 Å². The number of ether oxygens (including phenoxy) is 2. The minimum Gasteiger partial charge on any atom is -0.489 e. The van der Waals surface area contributed by atoms with E-state index < -0.39 is 0 Å². The van der Waals surface area contributed by atoms with Gasteiger partial charge < -0.3 is 14.8 Å². The zero-order valence-corrected chi connectivity index (χ0v) is 11.1. The third-order valence-corrected chi connectivity index (χ3v) is 3.01. The fraction of sp³-hybridized carbons (Fsp3) is 0.769. The predicted molar refractivity (Wildman–Crippen MR) is 69.9 cm³/mol. The number of nitrogens with one attached hydrogen (secondary N) is 1. The molecule has 0 saturated carbocycles. The lowest BCUT2D eigenvalue weighted by Crippen LogP contribution is -2.29. The Hall–Kier alpha value is -1.07. The van der Waals surface area contributed by atoms with Gasteiger partial charge in [0.25, 0.3) is 0 Å². The molecule has 0 spiro atoms. The van der Waals surface area contributed by atoms with Crippen molar-refractivity contribution in [3.8, 4) is 5.75 Å². The Morgan fingerprint density at radius 2 is 2.56 bits per heavy atom. The number of aryl methyl sites for hydroxylation is 1. The molecule has 0 aliphatic carbocycles. The predicted octanol–water partition coefficient (Wildman–Crippen LogP) is 1.44. The second-order valence-electron chi connectivity index (χ2n) is 4.63. The summed E-state index contributed by atoms with van der Waals surface area (Å²) in [5.41, 5.74) is 0. The molecule has 0 bridgehead atoms. The van der Waals surface area contributed by atoms with Crippen LogP contribution in [0, 0.1) is 0 Å². The van der Waals surface area contributed by atoms with Gasteiger partial charge in [-0.15, -0.1) is 0 Å². The largest absolute Gasteiger partial charge is 0.489 e. The molecule has 1 aromatic rings. The highest BCUT2D eigenvalue weighted by Gasteiger charge is 2.14. The van der Waals surface area contributed by atoms with Crippen LogP contribution < -0.4 is 10.1 Å². The van der Waals surface area contributed by atoms with Crippen molar-refractivity contribution < 1.29 is 9.47 Å². The second-order valence-corrected chi connectivity index (χ2v) is 4.63. The fourth-order valence-corrected chi connectivity index (χ4v) is 2.08. The van der Waals surface area contributed by atoms with Gasteiger partial charge in [-0.3, -0.25) is 4.68 Å². The van der Waals surface area contributed by atoms with Gasteiger partial charge in [0, 0.05) is 26.2 Å². The highest BCUT2D eigenvalue weighted by atomic mass is 16.5. The molecule has 1 fully saturated rings. The number of aromatic nitrogens is 2. The van der Waals surface area contributed by atoms with E-state index in [1.807, 2.05) is 10.9 Å². The molecule has 102 valence electrons. The topological polar surface area (TPSA) is 48.3 Å². The molecule has 2 rings (SSSR count). The summed E-state index contributed by atoms with van der Waals surface area (Å²) in [7, 11) is 0. The summed E-state index contributed by atoms with van der Waals surface area (Å²) in [5, 5.41) is 7.57. The van der Waals surface area contributed by atoms with Gasteiger partial charge in [-0.25, -0.2) is 0 Å². The third kappa shape index (κ3) is 4.31. The maximum absolute atomic E-state index is 5.61. The van der Waals surface area contributed by atoms with Crippen molar-refractivity contribution >= 4 is 0 Å². The van der Waals surface area contributed by atoms with E-state index in [1.54, 1.807) is 6.20 Å². The number of nitrogens with zero attached hydrogens (tertiary/aromatic N) is 2. The van der Waals surface area contributed by atoms with Gasteiger partial charge in [0.15, 0.2) is 5.75 Å². The van der Waals surface area contributed by atoms with Crippen LogP contribution in [0.1, 0.15) is 26.2 Å².